The third kappa shape index (κ3) is 7.31. The molecule has 0 bridgehead atoms. The van der Waals surface area contributed by atoms with Gasteiger partial charge in [0, 0.05) is 10.8 Å². The van der Waals surface area contributed by atoms with E-state index in [2.05, 4.69) is 10.6 Å². The SMILES string of the molecule is CC(C)(C)C(=O)Nc1ccccc1N.CC(C)(C)C(=O)Nc1ccccc1O. The fourth-order valence-corrected chi connectivity index (χ4v) is 1.81. The first-order valence-electron chi connectivity index (χ1n) is 9.08. The molecule has 6 heteroatoms. The maximum absolute atomic E-state index is 11.6. The molecule has 0 aliphatic rings. The lowest BCUT2D eigenvalue weighted by Gasteiger charge is -2.18. The number of phenols is 1. The molecule has 2 aromatic carbocycles. The highest BCUT2D eigenvalue weighted by molar-refractivity contribution is 5.97. The number of hydrogen-bond donors (Lipinski definition) is 4. The second-order valence-electron chi connectivity index (χ2n) is 8.51. The number of nitrogen functional groups attached to an aromatic ring is 1. The fourth-order valence-electron chi connectivity index (χ4n) is 1.81. The Morgan fingerprint density at radius 3 is 1.57 bits per heavy atom. The number of rotatable bonds is 2. The molecule has 0 unspecified atom stereocenters. The van der Waals surface area contributed by atoms with Gasteiger partial charge in [-0.05, 0) is 24.3 Å². The largest absolute Gasteiger partial charge is 0.506 e. The molecule has 0 spiro atoms. The number of para-hydroxylation sites is 4. The predicted octanol–water partition coefficient (Wildman–Crippen LogP) is 4.63. The first kappa shape index (κ1) is 23.0. The zero-order valence-electron chi connectivity index (χ0n) is 17.5. The number of anilines is 3. The molecule has 0 saturated heterocycles. The van der Waals surface area contributed by atoms with Gasteiger partial charge in [0.05, 0.1) is 17.1 Å². The quantitative estimate of drug-likeness (QED) is 0.447. The van der Waals surface area contributed by atoms with Gasteiger partial charge in [-0.25, -0.2) is 0 Å². The molecule has 0 saturated carbocycles. The molecule has 152 valence electrons. The Morgan fingerprint density at radius 2 is 1.14 bits per heavy atom. The Balaban J connectivity index is 0.000000280. The lowest BCUT2D eigenvalue weighted by Crippen LogP contribution is -2.27. The highest BCUT2D eigenvalue weighted by atomic mass is 16.3. The zero-order valence-corrected chi connectivity index (χ0v) is 17.5. The lowest BCUT2D eigenvalue weighted by atomic mass is 9.95. The van der Waals surface area contributed by atoms with Gasteiger partial charge in [-0.2, -0.15) is 0 Å². The average molecular weight is 386 g/mol. The molecule has 0 aromatic heterocycles. The predicted molar refractivity (Wildman–Crippen MR) is 115 cm³/mol. The first-order valence-corrected chi connectivity index (χ1v) is 9.08. The molecule has 2 aromatic rings. The average Bonchev–Trinajstić information content (AvgIpc) is 2.58. The second kappa shape index (κ2) is 9.26. The standard InChI is InChI=1S/C11H16N2O.C11H15NO2/c1-11(2,3)10(14)13-9-7-5-4-6-8(9)12;1-11(2,3)10(14)12-8-6-4-5-7-9(8)13/h4-7H,12H2,1-3H3,(H,13,14);4-7,13H,1-3H3,(H,12,14). The van der Waals surface area contributed by atoms with Crippen LogP contribution in [0.5, 0.6) is 5.75 Å². The summed E-state index contributed by atoms with van der Waals surface area (Å²) in [5.41, 5.74) is 6.55. The minimum Gasteiger partial charge on any atom is -0.506 e. The van der Waals surface area contributed by atoms with Crippen molar-refractivity contribution < 1.29 is 14.7 Å². The van der Waals surface area contributed by atoms with Crippen LogP contribution >= 0.6 is 0 Å². The first-order chi connectivity index (χ1) is 12.8. The normalized spacial score (nSPS) is 11.1. The highest BCUT2D eigenvalue weighted by Crippen LogP contribution is 2.24. The molecule has 0 aliphatic carbocycles. The van der Waals surface area contributed by atoms with Crippen molar-refractivity contribution in [3.05, 3.63) is 48.5 Å². The molecule has 2 amide bonds. The number of aromatic hydroxyl groups is 1. The van der Waals surface area contributed by atoms with Gasteiger partial charge in [0.25, 0.3) is 0 Å². The van der Waals surface area contributed by atoms with Crippen LogP contribution in [0.2, 0.25) is 0 Å². The van der Waals surface area contributed by atoms with Crippen molar-refractivity contribution in [3.8, 4) is 5.75 Å². The number of amides is 2. The summed E-state index contributed by atoms with van der Waals surface area (Å²) >= 11 is 0. The molecule has 5 N–H and O–H groups in total. The van der Waals surface area contributed by atoms with Gasteiger partial charge in [-0.15, -0.1) is 0 Å². The van der Waals surface area contributed by atoms with Crippen molar-refractivity contribution in [3.63, 3.8) is 0 Å². The van der Waals surface area contributed by atoms with Gasteiger partial charge < -0.3 is 21.5 Å². The van der Waals surface area contributed by atoms with Crippen LogP contribution in [0.3, 0.4) is 0 Å². The van der Waals surface area contributed by atoms with E-state index in [-0.39, 0.29) is 17.6 Å². The van der Waals surface area contributed by atoms with Gasteiger partial charge in [0.1, 0.15) is 5.75 Å². The van der Waals surface area contributed by atoms with Crippen molar-refractivity contribution in [2.75, 3.05) is 16.4 Å². The summed E-state index contributed by atoms with van der Waals surface area (Å²) in [6.45, 7) is 11.1. The Bertz CT molecular complexity index is 749. The van der Waals surface area contributed by atoms with E-state index in [1.165, 1.54) is 6.07 Å². The van der Waals surface area contributed by atoms with E-state index in [1.54, 1.807) is 30.3 Å². The fraction of sp³-hybridized carbons (Fsp3) is 0.364. The number of carbonyl (C=O) groups excluding carboxylic acids is 2. The Labute approximate surface area is 167 Å². The Morgan fingerprint density at radius 1 is 0.750 bits per heavy atom. The second-order valence-corrected chi connectivity index (χ2v) is 8.51. The van der Waals surface area contributed by atoms with Gasteiger partial charge in [0.2, 0.25) is 11.8 Å². The Kier molecular flexibility index (Phi) is 7.61. The third-order valence-electron chi connectivity index (χ3n) is 3.72. The molecule has 0 aliphatic heterocycles. The lowest BCUT2D eigenvalue weighted by molar-refractivity contribution is -0.123. The maximum atomic E-state index is 11.6. The molecular formula is C22H31N3O3. The number of hydrogen-bond acceptors (Lipinski definition) is 4. The van der Waals surface area contributed by atoms with Crippen molar-refractivity contribution in [1.82, 2.24) is 0 Å². The van der Waals surface area contributed by atoms with E-state index in [0.29, 0.717) is 17.1 Å². The highest BCUT2D eigenvalue weighted by Gasteiger charge is 2.22. The molecule has 0 fully saturated rings. The minimum absolute atomic E-state index is 0.0320. The number of benzene rings is 2. The van der Waals surface area contributed by atoms with E-state index in [0.717, 1.165) is 0 Å². The zero-order chi connectivity index (χ0) is 21.5. The van der Waals surface area contributed by atoms with Crippen LogP contribution in [0.25, 0.3) is 0 Å². The van der Waals surface area contributed by atoms with E-state index < -0.39 is 10.8 Å². The van der Waals surface area contributed by atoms with Crippen LogP contribution < -0.4 is 16.4 Å². The number of phenolic OH excluding ortho intramolecular Hbond substituents is 1. The smallest absolute Gasteiger partial charge is 0.229 e. The van der Waals surface area contributed by atoms with Crippen molar-refractivity contribution >= 4 is 28.9 Å². The van der Waals surface area contributed by atoms with E-state index in [4.69, 9.17) is 5.73 Å². The Hall–Kier alpha value is -3.02. The summed E-state index contributed by atoms with van der Waals surface area (Å²) in [5.74, 6) is -0.0560. The monoisotopic (exact) mass is 385 g/mol. The molecule has 6 nitrogen and oxygen atoms in total. The summed E-state index contributed by atoms with van der Waals surface area (Å²) in [5, 5.41) is 14.9. The van der Waals surface area contributed by atoms with Crippen LogP contribution in [0, 0.1) is 10.8 Å². The van der Waals surface area contributed by atoms with Crippen LogP contribution in [-0.4, -0.2) is 16.9 Å². The van der Waals surface area contributed by atoms with E-state index in [9.17, 15) is 14.7 Å². The summed E-state index contributed by atoms with van der Waals surface area (Å²) in [4.78, 5) is 23.2. The molecule has 0 radical (unpaired) electrons. The van der Waals surface area contributed by atoms with Crippen LogP contribution in [0.15, 0.2) is 48.5 Å². The van der Waals surface area contributed by atoms with Gasteiger partial charge in [-0.3, -0.25) is 9.59 Å². The molecule has 0 atom stereocenters. The van der Waals surface area contributed by atoms with E-state index >= 15 is 0 Å². The van der Waals surface area contributed by atoms with Crippen LogP contribution in [-0.2, 0) is 9.59 Å². The third-order valence-corrected chi connectivity index (χ3v) is 3.72. The van der Waals surface area contributed by atoms with Crippen LogP contribution in [0.1, 0.15) is 41.5 Å². The summed E-state index contributed by atoms with van der Waals surface area (Å²) in [6, 6.07) is 13.9. The van der Waals surface area contributed by atoms with E-state index in [1.807, 2.05) is 53.7 Å². The topological polar surface area (TPSA) is 104 Å². The molecule has 28 heavy (non-hydrogen) atoms. The molecule has 0 heterocycles. The summed E-state index contributed by atoms with van der Waals surface area (Å²) < 4.78 is 0. The van der Waals surface area contributed by atoms with Crippen molar-refractivity contribution in [2.45, 2.75) is 41.5 Å². The van der Waals surface area contributed by atoms with Crippen LogP contribution in [0.4, 0.5) is 17.1 Å². The van der Waals surface area contributed by atoms with Gasteiger partial charge >= 0.3 is 0 Å². The van der Waals surface area contributed by atoms with Crippen molar-refractivity contribution in [2.24, 2.45) is 10.8 Å². The maximum Gasteiger partial charge on any atom is 0.229 e. The molecular weight excluding hydrogens is 354 g/mol. The number of nitrogens with two attached hydrogens (primary N) is 1. The number of nitrogens with one attached hydrogen (secondary N) is 2. The summed E-state index contributed by atoms with van der Waals surface area (Å²) in [7, 11) is 0. The minimum atomic E-state index is -0.456. The van der Waals surface area contributed by atoms with Gasteiger partial charge in [-0.1, -0.05) is 65.8 Å². The van der Waals surface area contributed by atoms with Gasteiger partial charge in [0.15, 0.2) is 0 Å². The summed E-state index contributed by atoms with van der Waals surface area (Å²) in [6.07, 6.45) is 0. The molecule has 2 rings (SSSR count). The van der Waals surface area contributed by atoms with Crippen molar-refractivity contribution in [1.29, 1.82) is 0 Å². The number of carbonyl (C=O) groups is 2.